The van der Waals surface area contributed by atoms with Gasteiger partial charge in [-0.1, -0.05) is 11.6 Å². The molecular formula is C23H25ClN4O2. The van der Waals surface area contributed by atoms with Crippen molar-refractivity contribution in [1.82, 2.24) is 14.5 Å². The minimum Gasteiger partial charge on any atom is -0.490 e. The number of nitrogens with zero attached hydrogens (tertiary/aromatic N) is 4. The summed E-state index contributed by atoms with van der Waals surface area (Å²) in [5.41, 5.74) is 3.26. The average molecular weight is 425 g/mol. The van der Waals surface area contributed by atoms with Gasteiger partial charge >= 0.3 is 0 Å². The van der Waals surface area contributed by atoms with Crippen molar-refractivity contribution in [2.75, 3.05) is 18.0 Å². The van der Waals surface area contributed by atoms with E-state index in [0.29, 0.717) is 16.5 Å². The predicted octanol–water partition coefficient (Wildman–Crippen LogP) is 4.25. The van der Waals surface area contributed by atoms with Crippen molar-refractivity contribution in [2.45, 2.75) is 39.7 Å². The molecule has 4 rings (SSSR count). The third-order valence-electron chi connectivity index (χ3n) is 5.36. The molecule has 0 N–H and O–H groups in total. The molecule has 0 unspecified atom stereocenters. The first kappa shape index (κ1) is 20.4. The topological polar surface area (TPSA) is 60.2 Å². The Balaban J connectivity index is 1.47. The van der Waals surface area contributed by atoms with Crippen LogP contribution in [0, 0.1) is 20.8 Å². The molecule has 7 heteroatoms. The van der Waals surface area contributed by atoms with Crippen LogP contribution in [0.4, 0.5) is 5.69 Å². The summed E-state index contributed by atoms with van der Waals surface area (Å²) in [4.78, 5) is 23.3. The van der Waals surface area contributed by atoms with E-state index in [9.17, 15) is 4.79 Å². The van der Waals surface area contributed by atoms with E-state index in [4.69, 9.17) is 16.3 Å². The van der Waals surface area contributed by atoms with E-state index in [1.165, 1.54) is 6.07 Å². The number of hydrogen-bond acceptors (Lipinski definition) is 5. The minimum atomic E-state index is -0.104. The van der Waals surface area contributed by atoms with Gasteiger partial charge in [-0.3, -0.25) is 14.3 Å². The summed E-state index contributed by atoms with van der Waals surface area (Å²) >= 11 is 6.62. The lowest BCUT2D eigenvalue weighted by Crippen LogP contribution is -2.38. The first-order valence-corrected chi connectivity index (χ1v) is 10.5. The molecule has 156 valence electrons. The number of aromatic nitrogens is 3. The number of benzene rings is 1. The summed E-state index contributed by atoms with van der Waals surface area (Å²) in [5.74, 6) is 1.52. The van der Waals surface area contributed by atoms with Gasteiger partial charge in [0.15, 0.2) is 0 Å². The van der Waals surface area contributed by atoms with Crippen LogP contribution in [0.5, 0.6) is 5.75 Å². The van der Waals surface area contributed by atoms with Gasteiger partial charge in [-0.25, -0.2) is 4.98 Å². The van der Waals surface area contributed by atoms with Gasteiger partial charge in [0.25, 0.3) is 5.56 Å². The lowest BCUT2D eigenvalue weighted by Gasteiger charge is -2.34. The highest BCUT2D eigenvalue weighted by Crippen LogP contribution is 2.31. The highest BCUT2D eigenvalue weighted by atomic mass is 35.5. The zero-order valence-electron chi connectivity index (χ0n) is 17.4. The van der Waals surface area contributed by atoms with Crippen molar-refractivity contribution >= 4 is 17.3 Å². The molecule has 30 heavy (non-hydrogen) atoms. The molecule has 3 heterocycles. The first-order valence-electron chi connectivity index (χ1n) is 10.1. The SMILES string of the molecule is Cc1cc(OC2CCN(c3ccc(-n4c(C)nc(C)cc4=O)cc3Cl)CC2)ccn1. The van der Waals surface area contributed by atoms with Crippen LogP contribution in [0.1, 0.15) is 30.1 Å². The summed E-state index contributed by atoms with van der Waals surface area (Å²) in [5, 5.41) is 0.628. The first-order chi connectivity index (χ1) is 14.4. The molecule has 0 aliphatic carbocycles. The van der Waals surface area contributed by atoms with Gasteiger partial charge < -0.3 is 9.64 Å². The second-order valence-electron chi connectivity index (χ2n) is 7.69. The molecule has 1 aliphatic heterocycles. The molecule has 0 radical (unpaired) electrons. The van der Waals surface area contributed by atoms with Crippen molar-refractivity contribution in [3.8, 4) is 11.4 Å². The van der Waals surface area contributed by atoms with Crippen molar-refractivity contribution in [1.29, 1.82) is 0 Å². The Labute approximate surface area is 181 Å². The Kier molecular flexibility index (Phi) is 5.77. The van der Waals surface area contributed by atoms with Crippen molar-refractivity contribution < 1.29 is 4.74 Å². The number of halogens is 1. The largest absolute Gasteiger partial charge is 0.490 e. The molecule has 6 nitrogen and oxygen atoms in total. The molecule has 0 saturated carbocycles. The highest BCUT2D eigenvalue weighted by molar-refractivity contribution is 6.33. The predicted molar refractivity (Wildman–Crippen MR) is 119 cm³/mol. The molecule has 0 spiro atoms. The minimum absolute atomic E-state index is 0.104. The summed E-state index contributed by atoms with van der Waals surface area (Å²) in [6.07, 6.45) is 3.79. The van der Waals surface area contributed by atoms with E-state index in [0.717, 1.165) is 48.7 Å². The van der Waals surface area contributed by atoms with Crippen LogP contribution in [0.15, 0.2) is 47.4 Å². The molecule has 0 bridgehead atoms. The van der Waals surface area contributed by atoms with Crippen molar-refractivity contribution in [3.63, 3.8) is 0 Å². The fraction of sp³-hybridized carbons (Fsp3) is 0.348. The van der Waals surface area contributed by atoms with Gasteiger partial charge in [0.2, 0.25) is 0 Å². The number of piperidine rings is 1. The van der Waals surface area contributed by atoms with Crippen LogP contribution in [0.25, 0.3) is 5.69 Å². The van der Waals surface area contributed by atoms with E-state index in [-0.39, 0.29) is 11.7 Å². The number of hydrogen-bond donors (Lipinski definition) is 0. The summed E-state index contributed by atoms with van der Waals surface area (Å²) in [6.45, 7) is 7.32. The third kappa shape index (κ3) is 4.33. The van der Waals surface area contributed by atoms with Crippen LogP contribution in [-0.4, -0.2) is 33.7 Å². The second kappa shape index (κ2) is 8.48. The molecule has 3 aromatic rings. The Morgan fingerprint density at radius 3 is 2.47 bits per heavy atom. The Hall–Kier alpha value is -2.86. The normalized spacial score (nSPS) is 14.7. The van der Waals surface area contributed by atoms with Crippen LogP contribution in [-0.2, 0) is 0 Å². The van der Waals surface area contributed by atoms with Crippen LogP contribution in [0.3, 0.4) is 0 Å². The molecule has 1 aromatic carbocycles. The fourth-order valence-electron chi connectivity index (χ4n) is 3.95. The Bertz CT molecular complexity index is 1120. The maximum atomic E-state index is 12.4. The quantitative estimate of drug-likeness (QED) is 0.626. The zero-order chi connectivity index (χ0) is 21.3. The summed E-state index contributed by atoms with van der Waals surface area (Å²) in [6, 6.07) is 11.1. The number of pyridine rings is 1. The number of ether oxygens (including phenoxy) is 1. The lowest BCUT2D eigenvalue weighted by atomic mass is 10.1. The van der Waals surface area contributed by atoms with Crippen molar-refractivity contribution in [2.24, 2.45) is 0 Å². The highest BCUT2D eigenvalue weighted by Gasteiger charge is 2.22. The summed E-state index contributed by atoms with van der Waals surface area (Å²) in [7, 11) is 0. The lowest BCUT2D eigenvalue weighted by molar-refractivity contribution is 0.170. The van der Waals surface area contributed by atoms with Gasteiger partial charge in [-0.2, -0.15) is 0 Å². The van der Waals surface area contributed by atoms with Gasteiger partial charge in [0, 0.05) is 55.6 Å². The van der Waals surface area contributed by atoms with Gasteiger partial charge in [0.1, 0.15) is 17.7 Å². The maximum absolute atomic E-state index is 12.4. The molecule has 1 fully saturated rings. The van der Waals surface area contributed by atoms with Crippen molar-refractivity contribution in [3.05, 3.63) is 75.2 Å². The second-order valence-corrected chi connectivity index (χ2v) is 8.10. The van der Waals surface area contributed by atoms with Crippen LogP contribution in [0.2, 0.25) is 5.02 Å². The number of rotatable bonds is 4. The zero-order valence-corrected chi connectivity index (χ0v) is 18.2. The van der Waals surface area contributed by atoms with E-state index in [1.807, 2.05) is 51.1 Å². The smallest absolute Gasteiger partial charge is 0.258 e. The Morgan fingerprint density at radius 2 is 1.80 bits per heavy atom. The van der Waals surface area contributed by atoms with Gasteiger partial charge in [-0.15, -0.1) is 0 Å². The van der Waals surface area contributed by atoms with E-state index < -0.39 is 0 Å². The number of aryl methyl sites for hydroxylation is 3. The molecule has 1 aliphatic rings. The van der Waals surface area contributed by atoms with Crippen LogP contribution >= 0.6 is 11.6 Å². The third-order valence-corrected chi connectivity index (χ3v) is 5.66. The van der Waals surface area contributed by atoms with E-state index in [1.54, 1.807) is 10.8 Å². The van der Waals surface area contributed by atoms with Gasteiger partial charge in [0.05, 0.1) is 16.4 Å². The Morgan fingerprint density at radius 1 is 1.03 bits per heavy atom. The number of anilines is 1. The monoisotopic (exact) mass is 424 g/mol. The molecular weight excluding hydrogens is 400 g/mol. The van der Waals surface area contributed by atoms with E-state index in [2.05, 4.69) is 14.9 Å². The molecule has 0 amide bonds. The van der Waals surface area contributed by atoms with Crippen LogP contribution < -0.4 is 15.2 Å². The fourth-order valence-corrected chi connectivity index (χ4v) is 4.24. The average Bonchev–Trinajstić information content (AvgIpc) is 2.68. The maximum Gasteiger partial charge on any atom is 0.258 e. The van der Waals surface area contributed by atoms with Gasteiger partial charge in [-0.05, 0) is 45.0 Å². The molecule has 1 saturated heterocycles. The molecule has 0 atom stereocenters. The molecule has 2 aromatic heterocycles. The summed E-state index contributed by atoms with van der Waals surface area (Å²) < 4.78 is 7.70. The standard InChI is InChI=1S/C23H25ClN4O2/c1-15-12-20(6-9-25-15)30-19-7-10-27(11-8-19)22-5-4-18(14-21(22)24)28-17(3)26-16(2)13-23(28)29/h4-6,9,12-14,19H,7-8,10-11H2,1-3H3. The van der Waals surface area contributed by atoms with E-state index >= 15 is 0 Å².